The number of carbonyl (C=O) groups excluding carboxylic acids is 1. The van der Waals surface area contributed by atoms with Gasteiger partial charge in [0.25, 0.3) is 5.91 Å². The predicted octanol–water partition coefficient (Wildman–Crippen LogP) is 4.41. The average molecular weight is 324 g/mol. The Balaban J connectivity index is 2.13. The Kier molecular flexibility index (Phi) is 4.67. The molecule has 104 valence electrons. The fourth-order valence-electron chi connectivity index (χ4n) is 2.80. The number of benzene rings is 1. The lowest BCUT2D eigenvalue weighted by atomic mass is 9.86. The summed E-state index contributed by atoms with van der Waals surface area (Å²) in [5.74, 6) is 0.945. The summed E-state index contributed by atoms with van der Waals surface area (Å²) >= 11 is 3.54. The van der Waals surface area contributed by atoms with Crippen molar-refractivity contribution in [2.45, 2.75) is 45.6 Å². The molecule has 0 aromatic heterocycles. The van der Waals surface area contributed by atoms with Crippen molar-refractivity contribution in [3.63, 3.8) is 0 Å². The number of hydrogen-bond donors (Lipinski definition) is 0. The first-order valence-electron chi connectivity index (χ1n) is 7.03. The summed E-state index contributed by atoms with van der Waals surface area (Å²) in [6, 6.07) is 6.27. The normalized spacial score (nSPS) is 23.2. The lowest BCUT2D eigenvalue weighted by molar-refractivity contribution is 0.0678. The highest BCUT2D eigenvalue weighted by molar-refractivity contribution is 9.10. The zero-order valence-corrected chi connectivity index (χ0v) is 13.5. The van der Waals surface area contributed by atoms with Crippen LogP contribution in [0.2, 0.25) is 0 Å². The van der Waals surface area contributed by atoms with Crippen LogP contribution in [-0.2, 0) is 0 Å². The summed E-state index contributed by atoms with van der Waals surface area (Å²) in [6.07, 6.45) is 4.73. The maximum Gasteiger partial charge on any atom is 0.254 e. The summed E-state index contributed by atoms with van der Waals surface area (Å²) in [5.41, 5.74) is 1.89. The number of rotatable bonds is 2. The minimum Gasteiger partial charge on any atom is -0.339 e. The summed E-state index contributed by atoms with van der Waals surface area (Å²) in [4.78, 5) is 14.5. The molecule has 0 atom stereocenters. The number of carbonyl (C=O) groups is 1. The zero-order valence-electron chi connectivity index (χ0n) is 11.9. The van der Waals surface area contributed by atoms with Gasteiger partial charge in [0.2, 0.25) is 0 Å². The molecule has 0 unspecified atom stereocenters. The van der Waals surface area contributed by atoms with Crippen LogP contribution in [0, 0.1) is 12.8 Å². The number of nitrogens with zero attached hydrogens (tertiary/aromatic N) is 1. The topological polar surface area (TPSA) is 20.3 Å². The standard InChI is InChI=1S/C16H22BrNO/c1-11-7-9-13(10-8-11)18(3)16(19)14-6-4-5-12(2)15(14)17/h4-6,11,13H,7-10H2,1-3H3. The molecule has 3 heteroatoms. The molecule has 0 radical (unpaired) electrons. The third kappa shape index (κ3) is 3.19. The molecule has 0 aliphatic heterocycles. The Labute approximate surface area is 124 Å². The highest BCUT2D eigenvalue weighted by atomic mass is 79.9. The van der Waals surface area contributed by atoms with Crippen molar-refractivity contribution >= 4 is 21.8 Å². The number of halogens is 1. The van der Waals surface area contributed by atoms with Crippen LogP contribution in [0.4, 0.5) is 0 Å². The lowest BCUT2D eigenvalue weighted by Crippen LogP contribution is -2.39. The van der Waals surface area contributed by atoms with Gasteiger partial charge in [-0.1, -0.05) is 19.1 Å². The third-order valence-electron chi connectivity index (χ3n) is 4.28. The number of hydrogen-bond acceptors (Lipinski definition) is 1. The molecule has 0 N–H and O–H groups in total. The predicted molar refractivity (Wildman–Crippen MR) is 82.4 cm³/mol. The van der Waals surface area contributed by atoms with Crippen molar-refractivity contribution < 1.29 is 4.79 Å². The Morgan fingerprint density at radius 1 is 1.26 bits per heavy atom. The minimum atomic E-state index is 0.134. The molecule has 0 heterocycles. The van der Waals surface area contributed by atoms with Gasteiger partial charge in [0, 0.05) is 17.6 Å². The molecule has 0 spiro atoms. The van der Waals surface area contributed by atoms with Gasteiger partial charge in [0.1, 0.15) is 0 Å². The fourth-order valence-corrected chi connectivity index (χ4v) is 3.23. The Hall–Kier alpha value is -0.830. The SMILES string of the molecule is Cc1cccc(C(=O)N(C)C2CCC(C)CC2)c1Br. The second-order valence-electron chi connectivity index (χ2n) is 5.77. The summed E-state index contributed by atoms with van der Waals surface area (Å²) < 4.78 is 0.927. The zero-order chi connectivity index (χ0) is 14.0. The maximum absolute atomic E-state index is 12.6. The molecular formula is C16H22BrNO. The van der Waals surface area contributed by atoms with Crippen LogP contribution >= 0.6 is 15.9 Å². The summed E-state index contributed by atoms with van der Waals surface area (Å²) in [5, 5.41) is 0. The van der Waals surface area contributed by atoms with Crippen molar-refractivity contribution in [1.29, 1.82) is 0 Å². The van der Waals surface area contributed by atoms with Gasteiger partial charge in [-0.2, -0.15) is 0 Å². The van der Waals surface area contributed by atoms with Crippen molar-refractivity contribution in [2.75, 3.05) is 7.05 Å². The Bertz CT molecular complexity index is 464. The van der Waals surface area contributed by atoms with Crippen LogP contribution in [0.5, 0.6) is 0 Å². The van der Waals surface area contributed by atoms with Crippen LogP contribution in [0.1, 0.15) is 48.5 Å². The van der Waals surface area contributed by atoms with Crippen LogP contribution in [0.3, 0.4) is 0 Å². The van der Waals surface area contributed by atoms with Gasteiger partial charge >= 0.3 is 0 Å². The highest BCUT2D eigenvalue weighted by Gasteiger charge is 2.26. The van der Waals surface area contributed by atoms with Gasteiger partial charge in [-0.25, -0.2) is 0 Å². The average Bonchev–Trinajstić information content (AvgIpc) is 2.41. The molecule has 0 saturated heterocycles. The lowest BCUT2D eigenvalue weighted by Gasteiger charge is -2.33. The smallest absolute Gasteiger partial charge is 0.254 e. The van der Waals surface area contributed by atoms with Crippen LogP contribution < -0.4 is 0 Å². The largest absolute Gasteiger partial charge is 0.339 e. The highest BCUT2D eigenvalue weighted by Crippen LogP contribution is 2.29. The van der Waals surface area contributed by atoms with E-state index < -0.39 is 0 Å². The van der Waals surface area contributed by atoms with E-state index in [1.54, 1.807) is 0 Å². The molecule has 1 aliphatic rings. The molecule has 2 rings (SSSR count). The molecule has 1 saturated carbocycles. The quantitative estimate of drug-likeness (QED) is 0.789. The monoisotopic (exact) mass is 323 g/mol. The molecule has 2 nitrogen and oxygen atoms in total. The van der Waals surface area contributed by atoms with Crippen molar-refractivity contribution in [2.24, 2.45) is 5.92 Å². The van der Waals surface area contributed by atoms with Gasteiger partial charge in [-0.05, 0) is 66.1 Å². The summed E-state index contributed by atoms with van der Waals surface area (Å²) in [6.45, 7) is 4.32. The Morgan fingerprint density at radius 3 is 2.53 bits per heavy atom. The molecule has 0 bridgehead atoms. The molecule has 1 aromatic carbocycles. The second kappa shape index (κ2) is 6.08. The third-order valence-corrected chi connectivity index (χ3v) is 5.33. The van der Waals surface area contributed by atoms with Gasteiger partial charge in [-0.15, -0.1) is 0 Å². The van der Waals surface area contributed by atoms with Crippen LogP contribution in [0.15, 0.2) is 22.7 Å². The molecule has 1 aliphatic carbocycles. The van der Waals surface area contributed by atoms with E-state index in [0.29, 0.717) is 6.04 Å². The minimum absolute atomic E-state index is 0.134. The van der Waals surface area contributed by atoms with E-state index in [0.717, 1.165) is 34.4 Å². The Morgan fingerprint density at radius 2 is 1.89 bits per heavy atom. The second-order valence-corrected chi connectivity index (χ2v) is 6.56. The first kappa shape index (κ1) is 14.6. The fraction of sp³-hybridized carbons (Fsp3) is 0.562. The molecule has 1 fully saturated rings. The van der Waals surface area contributed by atoms with Gasteiger partial charge < -0.3 is 4.90 Å². The first-order chi connectivity index (χ1) is 9.00. The summed E-state index contributed by atoms with van der Waals surface area (Å²) in [7, 11) is 1.94. The van der Waals surface area contributed by atoms with E-state index in [9.17, 15) is 4.79 Å². The van der Waals surface area contributed by atoms with E-state index in [4.69, 9.17) is 0 Å². The molecular weight excluding hydrogens is 302 g/mol. The van der Waals surface area contributed by atoms with E-state index in [1.165, 1.54) is 12.8 Å². The van der Waals surface area contributed by atoms with Gasteiger partial charge in [0.15, 0.2) is 0 Å². The van der Waals surface area contributed by atoms with Gasteiger partial charge in [-0.3, -0.25) is 4.79 Å². The van der Waals surface area contributed by atoms with Crippen LogP contribution in [-0.4, -0.2) is 23.9 Å². The molecule has 19 heavy (non-hydrogen) atoms. The molecule has 1 aromatic rings. The number of aryl methyl sites for hydroxylation is 1. The van der Waals surface area contributed by atoms with Crippen molar-refractivity contribution in [1.82, 2.24) is 4.90 Å². The van der Waals surface area contributed by atoms with Crippen LogP contribution in [0.25, 0.3) is 0 Å². The molecule has 1 amide bonds. The maximum atomic E-state index is 12.6. The van der Waals surface area contributed by atoms with Crippen molar-refractivity contribution in [3.05, 3.63) is 33.8 Å². The van der Waals surface area contributed by atoms with E-state index in [1.807, 2.05) is 37.1 Å². The first-order valence-corrected chi connectivity index (χ1v) is 7.82. The van der Waals surface area contributed by atoms with E-state index >= 15 is 0 Å². The van der Waals surface area contributed by atoms with E-state index in [-0.39, 0.29) is 5.91 Å². The van der Waals surface area contributed by atoms with Crippen molar-refractivity contribution in [3.8, 4) is 0 Å². The number of amides is 1. The van der Waals surface area contributed by atoms with Gasteiger partial charge in [0.05, 0.1) is 5.56 Å². The van der Waals surface area contributed by atoms with E-state index in [2.05, 4.69) is 22.9 Å².